The number of para-hydroxylation sites is 1. The molecule has 2 aliphatic heterocycles. The van der Waals surface area contributed by atoms with Gasteiger partial charge in [0.05, 0.1) is 0 Å². The SMILES string of the molecule is CC1CCCC2CCc3ccccc3N12. The maximum absolute atomic E-state index is 2.68. The fourth-order valence-electron chi connectivity index (χ4n) is 3.30. The number of aryl methyl sites for hydroxylation is 1. The van der Waals surface area contributed by atoms with Gasteiger partial charge in [-0.25, -0.2) is 0 Å². The minimum atomic E-state index is 0.741. The van der Waals surface area contributed by atoms with Crippen LogP contribution in [0.5, 0.6) is 0 Å². The molecule has 1 fully saturated rings. The molecule has 0 radical (unpaired) electrons. The third-order valence-corrected chi connectivity index (χ3v) is 4.04. The normalized spacial score (nSPS) is 29.5. The first kappa shape index (κ1) is 9.26. The lowest BCUT2D eigenvalue weighted by molar-refractivity contribution is 0.369. The molecule has 15 heavy (non-hydrogen) atoms. The summed E-state index contributed by atoms with van der Waals surface area (Å²) in [5.41, 5.74) is 3.07. The molecule has 2 unspecified atom stereocenters. The molecule has 0 aromatic heterocycles. The molecule has 0 N–H and O–H groups in total. The van der Waals surface area contributed by atoms with E-state index in [2.05, 4.69) is 36.1 Å². The highest BCUT2D eigenvalue weighted by Crippen LogP contribution is 2.37. The Morgan fingerprint density at radius 1 is 1.13 bits per heavy atom. The Labute approximate surface area is 92.1 Å². The lowest BCUT2D eigenvalue weighted by Gasteiger charge is -2.46. The van der Waals surface area contributed by atoms with E-state index in [4.69, 9.17) is 0 Å². The predicted octanol–water partition coefficient (Wildman–Crippen LogP) is 3.38. The highest BCUT2D eigenvalue weighted by atomic mass is 15.2. The number of piperidine rings is 1. The highest BCUT2D eigenvalue weighted by molar-refractivity contribution is 5.57. The summed E-state index contributed by atoms with van der Waals surface area (Å²) in [6.45, 7) is 2.38. The minimum Gasteiger partial charge on any atom is -0.366 e. The lowest BCUT2D eigenvalue weighted by atomic mass is 9.87. The van der Waals surface area contributed by atoms with Gasteiger partial charge in [-0.2, -0.15) is 0 Å². The van der Waals surface area contributed by atoms with Crippen LogP contribution in [0.2, 0.25) is 0 Å². The van der Waals surface area contributed by atoms with E-state index in [-0.39, 0.29) is 0 Å². The van der Waals surface area contributed by atoms with Crippen LogP contribution in [-0.2, 0) is 6.42 Å². The molecule has 1 saturated heterocycles. The van der Waals surface area contributed by atoms with Crippen molar-refractivity contribution in [2.75, 3.05) is 4.90 Å². The second-order valence-electron chi connectivity index (χ2n) is 5.01. The number of hydrogen-bond acceptors (Lipinski definition) is 1. The average Bonchev–Trinajstić information content (AvgIpc) is 2.29. The zero-order valence-electron chi connectivity index (χ0n) is 9.45. The topological polar surface area (TPSA) is 3.24 Å². The van der Waals surface area contributed by atoms with E-state index >= 15 is 0 Å². The lowest BCUT2D eigenvalue weighted by Crippen LogP contribution is -2.48. The van der Waals surface area contributed by atoms with Crippen molar-refractivity contribution in [2.45, 2.75) is 51.1 Å². The van der Waals surface area contributed by atoms with Crippen molar-refractivity contribution in [2.24, 2.45) is 0 Å². The van der Waals surface area contributed by atoms with Crippen molar-refractivity contribution in [1.82, 2.24) is 0 Å². The van der Waals surface area contributed by atoms with Crippen LogP contribution < -0.4 is 4.90 Å². The van der Waals surface area contributed by atoms with Crippen LogP contribution >= 0.6 is 0 Å². The molecule has 1 nitrogen and oxygen atoms in total. The van der Waals surface area contributed by atoms with E-state index in [1.165, 1.54) is 37.8 Å². The van der Waals surface area contributed by atoms with Crippen LogP contribution in [0.4, 0.5) is 5.69 Å². The highest BCUT2D eigenvalue weighted by Gasteiger charge is 2.31. The van der Waals surface area contributed by atoms with Gasteiger partial charge in [0, 0.05) is 17.8 Å². The van der Waals surface area contributed by atoms with E-state index in [1.54, 1.807) is 5.56 Å². The molecular weight excluding hydrogens is 182 g/mol. The van der Waals surface area contributed by atoms with E-state index in [1.807, 2.05) is 0 Å². The van der Waals surface area contributed by atoms with Gasteiger partial charge < -0.3 is 4.90 Å². The molecule has 80 valence electrons. The zero-order valence-corrected chi connectivity index (χ0v) is 9.45. The maximum atomic E-state index is 2.68. The molecule has 2 heterocycles. The number of rotatable bonds is 0. The Bertz CT molecular complexity index is 358. The first-order valence-electron chi connectivity index (χ1n) is 6.22. The monoisotopic (exact) mass is 201 g/mol. The second-order valence-corrected chi connectivity index (χ2v) is 5.01. The second kappa shape index (κ2) is 3.55. The summed E-state index contributed by atoms with van der Waals surface area (Å²) in [4.78, 5) is 2.68. The molecule has 1 aromatic carbocycles. The summed E-state index contributed by atoms with van der Waals surface area (Å²) in [5.74, 6) is 0. The van der Waals surface area contributed by atoms with Crippen molar-refractivity contribution >= 4 is 5.69 Å². The molecule has 2 aliphatic rings. The average molecular weight is 201 g/mol. The predicted molar refractivity (Wildman–Crippen MR) is 64.3 cm³/mol. The van der Waals surface area contributed by atoms with E-state index < -0.39 is 0 Å². The summed E-state index contributed by atoms with van der Waals surface area (Å²) < 4.78 is 0. The zero-order chi connectivity index (χ0) is 10.3. The summed E-state index contributed by atoms with van der Waals surface area (Å²) in [7, 11) is 0. The number of nitrogens with zero attached hydrogens (tertiary/aromatic N) is 1. The van der Waals surface area contributed by atoms with Crippen molar-refractivity contribution in [3.8, 4) is 0 Å². The van der Waals surface area contributed by atoms with Gasteiger partial charge in [0.2, 0.25) is 0 Å². The van der Waals surface area contributed by atoms with Gasteiger partial charge in [-0.05, 0) is 50.7 Å². The van der Waals surface area contributed by atoms with Crippen LogP contribution in [0.1, 0.15) is 38.2 Å². The van der Waals surface area contributed by atoms with Crippen LogP contribution in [0, 0.1) is 0 Å². The van der Waals surface area contributed by atoms with Gasteiger partial charge in [0.25, 0.3) is 0 Å². The summed E-state index contributed by atoms with van der Waals surface area (Å²) in [5, 5.41) is 0. The van der Waals surface area contributed by atoms with Gasteiger partial charge in [-0.1, -0.05) is 18.2 Å². The Hall–Kier alpha value is -0.980. The Morgan fingerprint density at radius 3 is 2.93 bits per heavy atom. The summed E-state index contributed by atoms with van der Waals surface area (Å²) in [6.07, 6.45) is 6.83. The van der Waals surface area contributed by atoms with Gasteiger partial charge in [-0.3, -0.25) is 0 Å². The van der Waals surface area contributed by atoms with Gasteiger partial charge in [0.15, 0.2) is 0 Å². The molecule has 2 atom stereocenters. The third kappa shape index (κ3) is 1.45. The first-order valence-corrected chi connectivity index (χ1v) is 6.22. The van der Waals surface area contributed by atoms with Crippen LogP contribution in [0.15, 0.2) is 24.3 Å². The fourth-order valence-corrected chi connectivity index (χ4v) is 3.30. The molecule has 0 bridgehead atoms. The largest absolute Gasteiger partial charge is 0.366 e. The van der Waals surface area contributed by atoms with Gasteiger partial charge in [-0.15, -0.1) is 0 Å². The van der Waals surface area contributed by atoms with Crippen LogP contribution in [0.3, 0.4) is 0 Å². The molecular formula is C14H19N. The van der Waals surface area contributed by atoms with Crippen LogP contribution in [-0.4, -0.2) is 12.1 Å². The van der Waals surface area contributed by atoms with E-state index in [0.717, 1.165) is 12.1 Å². The third-order valence-electron chi connectivity index (χ3n) is 4.04. The molecule has 0 spiro atoms. The van der Waals surface area contributed by atoms with Crippen molar-refractivity contribution in [3.63, 3.8) is 0 Å². The van der Waals surface area contributed by atoms with Crippen molar-refractivity contribution in [1.29, 1.82) is 0 Å². The number of anilines is 1. The van der Waals surface area contributed by atoms with Crippen LogP contribution in [0.25, 0.3) is 0 Å². The van der Waals surface area contributed by atoms with Crippen molar-refractivity contribution < 1.29 is 0 Å². The molecule has 3 rings (SSSR count). The Kier molecular flexibility index (Phi) is 2.19. The summed E-state index contributed by atoms with van der Waals surface area (Å²) in [6, 6.07) is 10.5. The van der Waals surface area contributed by atoms with Gasteiger partial charge >= 0.3 is 0 Å². The summed E-state index contributed by atoms with van der Waals surface area (Å²) >= 11 is 0. The quantitative estimate of drug-likeness (QED) is 0.622. The molecule has 1 heteroatoms. The van der Waals surface area contributed by atoms with Crippen molar-refractivity contribution in [3.05, 3.63) is 29.8 Å². The molecule has 0 saturated carbocycles. The van der Waals surface area contributed by atoms with E-state index in [0.29, 0.717) is 0 Å². The number of benzene rings is 1. The fraction of sp³-hybridized carbons (Fsp3) is 0.571. The Morgan fingerprint density at radius 2 is 2.00 bits per heavy atom. The Balaban J connectivity index is 2.02. The molecule has 1 aromatic rings. The smallest absolute Gasteiger partial charge is 0.0403 e. The standard InChI is InChI=1S/C14H19N/c1-11-5-4-7-13-10-9-12-6-2-3-8-14(12)15(11)13/h2-3,6,8,11,13H,4-5,7,9-10H2,1H3. The molecule has 0 amide bonds. The number of hydrogen-bond donors (Lipinski definition) is 0. The molecule has 0 aliphatic carbocycles. The van der Waals surface area contributed by atoms with Gasteiger partial charge in [0.1, 0.15) is 0 Å². The van der Waals surface area contributed by atoms with E-state index in [9.17, 15) is 0 Å². The maximum Gasteiger partial charge on any atom is 0.0403 e. The first-order chi connectivity index (χ1) is 7.36. The minimum absolute atomic E-state index is 0.741. The number of fused-ring (bicyclic) bond motifs is 3.